The van der Waals surface area contributed by atoms with Gasteiger partial charge >= 0.3 is 0 Å². The van der Waals surface area contributed by atoms with E-state index < -0.39 is 0 Å². The highest BCUT2D eigenvalue weighted by atomic mass is 16.3. The van der Waals surface area contributed by atoms with Crippen LogP contribution in [-0.4, -0.2) is 43.6 Å². The maximum absolute atomic E-state index is 11.8. The van der Waals surface area contributed by atoms with Gasteiger partial charge in [-0.15, -0.1) is 0 Å². The summed E-state index contributed by atoms with van der Waals surface area (Å²) >= 11 is 0. The van der Waals surface area contributed by atoms with Crippen molar-refractivity contribution in [2.75, 3.05) is 0 Å². The fourth-order valence-electron chi connectivity index (χ4n) is 10.0. The van der Waals surface area contributed by atoms with Crippen molar-refractivity contribution in [1.29, 1.82) is 0 Å². The smallest absolute Gasteiger partial charge is 0.128 e. The number of rotatable bonds is 4. The van der Waals surface area contributed by atoms with Crippen molar-refractivity contribution >= 4 is 10.9 Å². The second kappa shape index (κ2) is 9.27. The largest absolute Gasteiger partial charge is 0.393 e. The van der Waals surface area contributed by atoms with Gasteiger partial charge in [-0.2, -0.15) is 0 Å². The van der Waals surface area contributed by atoms with E-state index in [-0.39, 0.29) is 35.1 Å². The third kappa shape index (κ3) is 4.06. The summed E-state index contributed by atoms with van der Waals surface area (Å²) in [5.41, 5.74) is 2.21. The minimum absolute atomic E-state index is 0.126. The highest BCUT2D eigenvalue weighted by Crippen LogP contribution is 2.68. The lowest BCUT2D eigenvalue weighted by atomic mass is 9.43. The Hall–Kier alpha value is -1.56. The van der Waals surface area contributed by atoms with Crippen LogP contribution in [0.15, 0.2) is 24.4 Å². The SMILES string of the molecule is Cc1ccc2nc(CC[C@@H](C)[C@H]3CC[C@H]4[C@H]5C(C[C@H](O)[C@]34C)[C@@]3(C)CC[C@@H](O)C[C@H]3C[C@H]5O)ncc2c1. The molecule has 0 aliphatic heterocycles. The highest BCUT2D eigenvalue weighted by molar-refractivity contribution is 5.78. The van der Waals surface area contributed by atoms with Gasteiger partial charge < -0.3 is 15.3 Å². The van der Waals surface area contributed by atoms with E-state index in [1.807, 2.05) is 6.20 Å². The van der Waals surface area contributed by atoms with Gasteiger partial charge in [0.2, 0.25) is 0 Å². The van der Waals surface area contributed by atoms with Crippen LogP contribution in [-0.2, 0) is 6.42 Å². The van der Waals surface area contributed by atoms with E-state index in [0.717, 1.165) is 74.5 Å². The van der Waals surface area contributed by atoms with Crippen LogP contribution in [0.25, 0.3) is 10.9 Å². The molecule has 202 valence electrons. The zero-order chi connectivity index (χ0) is 26.1. The van der Waals surface area contributed by atoms with Gasteiger partial charge in [-0.3, -0.25) is 0 Å². The van der Waals surface area contributed by atoms with Crippen LogP contribution < -0.4 is 0 Å². The molecule has 0 spiro atoms. The molecule has 3 N–H and O–H groups in total. The topological polar surface area (TPSA) is 86.5 Å². The maximum Gasteiger partial charge on any atom is 0.128 e. The van der Waals surface area contributed by atoms with Crippen molar-refractivity contribution in [3.05, 3.63) is 35.8 Å². The molecular weight excluding hydrogens is 460 g/mol. The quantitative estimate of drug-likeness (QED) is 0.512. The number of aliphatic hydroxyl groups excluding tert-OH is 3. The average Bonchev–Trinajstić information content (AvgIpc) is 3.22. The van der Waals surface area contributed by atoms with Crippen molar-refractivity contribution in [3.63, 3.8) is 0 Å². The number of hydrogen-bond donors (Lipinski definition) is 3. The molecule has 6 rings (SSSR count). The standard InChI is InChI=1S/C32H46N2O3/c1-18-5-9-26-20(13-18)17-33-29(34-26)10-6-19(2)23-7-8-24-30-25(16-28(37)32(23,24)4)31(3)12-11-22(35)14-21(31)15-27(30)36/h5,9,13,17,19,21-25,27-28,30,35-37H,6-8,10-12,14-16H2,1-4H3/t19-,21+,22-,23-,24+,25?,27-,28+,30+,31+,32-/m1/s1. The second-order valence-corrected chi connectivity index (χ2v) is 13.9. The van der Waals surface area contributed by atoms with Gasteiger partial charge in [0.15, 0.2) is 0 Å². The first-order valence-electron chi connectivity index (χ1n) is 14.9. The molecule has 4 aliphatic rings. The Bertz CT molecular complexity index is 1150. The number of hydrogen-bond acceptors (Lipinski definition) is 5. The van der Waals surface area contributed by atoms with Gasteiger partial charge in [0, 0.05) is 18.0 Å². The van der Waals surface area contributed by atoms with Gasteiger partial charge in [0.1, 0.15) is 5.82 Å². The Morgan fingerprint density at radius 3 is 2.65 bits per heavy atom. The average molecular weight is 507 g/mol. The molecule has 4 aliphatic carbocycles. The minimum atomic E-state index is -0.330. The second-order valence-electron chi connectivity index (χ2n) is 13.9. The molecule has 4 saturated carbocycles. The van der Waals surface area contributed by atoms with E-state index in [1.165, 1.54) is 5.56 Å². The van der Waals surface area contributed by atoms with E-state index in [2.05, 4.69) is 50.9 Å². The van der Waals surface area contributed by atoms with Crippen LogP contribution in [0.1, 0.15) is 83.5 Å². The maximum atomic E-state index is 11.8. The molecule has 1 aromatic heterocycles. The van der Waals surface area contributed by atoms with Crippen LogP contribution in [0.2, 0.25) is 0 Å². The summed E-state index contributed by atoms with van der Waals surface area (Å²) in [6.45, 7) is 9.20. The Kier molecular flexibility index (Phi) is 6.44. The van der Waals surface area contributed by atoms with E-state index >= 15 is 0 Å². The predicted octanol–water partition coefficient (Wildman–Crippen LogP) is 5.47. The summed E-state index contributed by atoms with van der Waals surface area (Å²) in [5, 5.41) is 34.7. The summed E-state index contributed by atoms with van der Waals surface area (Å²) in [7, 11) is 0. The van der Waals surface area contributed by atoms with Gasteiger partial charge in [-0.1, -0.05) is 32.4 Å². The Morgan fingerprint density at radius 2 is 1.84 bits per heavy atom. The number of aliphatic hydroxyl groups is 3. The molecule has 1 heterocycles. The number of nitrogens with zero attached hydrogens (tertiary/aromatic N) is 2. The van der Waals surface area contributed by atoms with Gasteiger partial charge in [0.25, 0.3) is 0 Å². The van der Waals surface area contributed by atoms with Crippen molar-refractivity contribution in [3.8, 4) is 0 Å². The molecule has 37 heavy (non-hydrogen) atoms. The lowest BCUT2D eigenvalue weighted by Crippen LogP contribution is -2.62. The Balaban J connectivity index is 1.19. The fraction of sp³-hybridized carbons (Fsp3) is 0.750. The van der Waals surface area contributed by atoms with Crippen LogP contribution in [0.3, 0.4) is 0 Å². The van der Waals surface area contributed by atoms with Crippen molar-refractivity contribution in [1.82, 2.24) is 9.97 Å². The van der Waals surface area contributed by atoms with Crippen molar-refractivity contribution in [2.24, 2.45) is 46.3 Å². The number of aryl methyl sites for hydroxylation is 2. The van der Waals surface area contributed by atoms with E-state index in [9.17, 15) is 15.3 Å². The Labute approximate surface area is 222 Å². The molecule has 1 aromatic carbocycles. The van der Waals surface area contributed by atoms with Gasteiger partial charge in [-0.05, 0) is 117 Å². The molecule has 1 unspecified atom stereocenters. The highest BCUT2D eigenvalue weighted by Gasteiger charge is 2.65. The predicted molar refractivity (Wildman–Crippen MR) is 146 cm³/mol. The van der Waals surface area contributed by atoms with Gasteiger partial charge in [0.05, 0.1) is 23.8 Å². The molecule has 5 nitrogen and oxygen atoms in total. The fourth-order valence-corrected chi connectivity index (χ4v) is 10.0. The normalized spacial score (nSPS) is 44.2. The molecular formula is C32H46N2O3. The molecule has 0 saturated heterocycles. The molecule has 2 aromatic rings. The summed E-state index contributed by atoms with van der Waals surface area (Å²) in [4.78, 5) is 9.50. The van der Waals surface area contributed by atoms with Gasteiger partial charge in [-0.25, -0.2) is 9.97 Å². The monoisotopic (exact) mass is 506 g/mol. The van der Waals surface area contributed by atoms with Crippen LogP contribution >= 0.6 is 0 Å². The summed E-state index contributed by atoms with van der Waals surface area (Å²) in [6, 6.07) is 6.33. The zero-order valence-electron chi connectivity index (χ0n) is 23.1. The van der Waals surface area contributed by atoms with E-state index in [4.69, 9.17) is 4.98 Å². The first kappa shape index (κ1) is 25.7. The summed E-state index contributed by atoms with van der Waals surface area (Å²) < 4.78 is 0. The summed E-state index contributed by atoms with van der Waals surface area (Å²) in [5.74, 6) is 3.18. The molecule has 4 fully saturated rings. The number of aromatic nitrogens is 2. The van der Waals surface area contributed by atoms with Crippen molar-refractivity contribution in [2.45, 2.75) is 104 Å². The first-order valence-corrected chi connectivity index (χ1v) is 14.9. The van der Waals surface area contributed by atoms with Crippen LogP contribution in [0, 0.1) is 53.3 Å². The van der Waals surface area contributed by atoms with E-state index in [1.54, 1.807) is 0 Å². The van der Waals surface area contributed by atoms with E-state index in [0.29, 0.717) is 29.6 Å². The Morgan fingerprint density at radius 1 is 1.03 bits per heavy atom. The number of fused-ring (bicyclic) bond motifs is 6. The minimum Gasteiger partial charge on any atom is -0.393 e. The molecule has 0 amide bonds. The molecule has 11 atom stereocenters. The van der Waals surface area contributed by atoms with Crippen LogP contribution in [0.5, 0.6) is 0 Å². The van der Waals surface area contributed by atoms with Crippen molar-refractivity contribution < 1.29 is 15.3 Å². The third-order valence-corrected chi connectivity index (χ3v) is 12.1. The third-order valence-electron chi connectivity index (χ3n) is 12.1. The molecule has 0 bridgehead atoms. The first-order chi connectivity index (χ1) is 17.6. The lowest BCUT2D eigenvalue weighted by Gasteiger charge is -2.63. The van der Waals surface area contributed by atoms with Crippen LogP contribution in [0.4, 0.5) is 0 Å². The lowest BCUT2D eigenvalue weighted by molar-refractivity contribution is -0.207. The molecule has 5 heteroatoms. The summed E-state index contributed by atoms with van der Waals surface area (Å²) in [6.07, 6.45) is 9.51. The molecule has 0 radical (unpaired) electrons. The zero-order valence-corrected chi connectivity index (χ0v) is 23.1. The number of benzene rings is 1.